The van der Waals surface area contributed by atoms with Gasteiger partial charge in [-0.2, -0.15) is 0 Å². The summed E-state index contributed by atoms with van der Waals surface area (Å²) in [6, 6.07) is 11.7. The van der Waals surface area contributed by atoms with Crippen LogP contribution in [0.15, 0.2) is 42.5 Å². The molecule has 0 aliphatic heterocycles. The minimum Gasteiger partial charge on any atom is -0.353 e. The lowest BCUT2D eigenvalue weighted by Crippen LogP contribution is -2.54. The van der Waals surface area contributed by atoms with Crippen molar-refractivity contribution in [3.8, 4) is 0 Å². The topological polar surface area (TPSA) is 163 Å². The van der Waals surface area contributed by atoms with Crippen LogP contribution in [0.25, 0.3) is 10.8 Å². The van der Waals surface area contributed by atoms with E-state index >= 15 is 0 Å². The third kappa shape index (κ3) is 8.94. The Hall–Kier alpha value is -3.50. The number of carbonyl (C=O) groups excluding carboxylic acids is 4. The number of rotatable bonds is 13. The zero-order valence-electron chi connectivity index (χ0n) is 21.0. The van der Waals surface area contributed by atoms with E-state index in [4.69, 9.17) is 10.9 Å². The summed E-state index contributed by atoms with van der Waals surface area (Å²) in [5.41, 5.74) is 7.80. The van der Waals surface area contributed by atoms with Crippen LogP contribution >= 0.6 is 0 Å². The van der Waals surface area contributed by atoms with E-state index in [1.807, 2.05) is 56.3 Å². The van der Waals surface area contributed by atoms with Gasteiger partial charge in [0.05, 0.1) is 0 Å². The Bertz CT molecular complexity index is 1060. The molecule has 0 radical (unpaired) electrons. The predicted molar refractivity (Wildman–Crippen MR) is 137 cm³/mol. The Labute approximate surface area is 211 Å². The first kappa shape index (κ1) is 28.7. The third-order valence-corrected chi connectivity index (χ3v) is 5.77. The monoisotopic (exact) mass is 499 g/mol. The molecule has 2 aromatic rings. The quantitative estimate of drug-likeness (QED) is 0.178. The molecule has 0 unspecified atom stereocenters. The van der Waals surface area contributed by atoms with E-state index < -0.39 is 35.7 Å². The van der Waals surface area contributed by atoms with Gasteiger partial charge in [0.1, 0.15) is 12.1 Å². The lowest BCUT2D eigenvalue weighted by atomic mass is 9.92. The second kappa shape index (κ2) is 14.2. The molecule has 3 atom stereocenters. The average Bonchev–Trinajstić information content (AvgIpc) is 2.85. The summed E-state index contributed by atoms with van der Waals surface area (Å²) >= 11 is 0. The molecule has 0 fully saturated rings. The van der Waals surface area contributed by atoms with Gasteiger partial charge in [-0.15, -0.1) is 0 Å². The third-order valence-electron chi connectivity index (χ3n) is 5.77. The van der Waals surface area contributed by atoms with Gasteiger partial charge in [0.2, 0.25) is 23.6 Å². The second-order valence-electron chi connectivity index (χ2n) is 9.32. The van der Waals surface area contributed by atoms with E-state index in [1.54, 1.807) is 12.4 Å². The molecule has 36 heavy (non-hydrogen) atoms. The highest BCUT2D eigenvalue weighted by Crippen LogP contribution is 2.19. The molecule has 196 valence electrons. The number of hydroxylamine groups is 1. The number of hydrogen-bond acceptors (Lipinski definition) is 6. The minimum atomic E-state index is -0.990. The highest BCUT2D eigenvalue weighted by atomic mass is 16.5. The van der Waals surface area contributed by atoms with Crippen LogP contribution in [0.5, 0.6) is 0 Å². The van der Waals surface area contributed by atoms with Crippen molar-refractivity contribution >= 4 is 34.4 Å². The fourth-order valence-electron chi connectivity index (χ4n) is 3.95. The summed E-state index contributed by atoms with van der Waals surface area (Å²) in [7, 11) is 0. The van der Waals surface area contributed by atoms with Crippen molar-refractivity contribution in [1.29, 1.82) is 0 Å². The lowest BCUT2D eigenvalue weighted by molar-refractivity contribution is -0.137. The SMILES string of the molecule is CC(C)C[C@H](CC(=O)NO)C(=O)N[C@@H](Cc1ccc2ccccc2c1)C(=O)N[C@H](C)C(=O)NCCN. The van der Waals surface area contributed by atoms with E-state index in [-0.39, 0.29) is 37.8 Å². The molecule has 0 aliphatic rings. The van der Waals surface area contributed by atoms with E-state index in [0.717, 1.165) is 16.3 Å². The van der Waals surface area contributed by atoms with Gasteiger partial charge in [-0.3, -0.25) is 24.4 Å². The van der Waals surface area contributed by atoms with E-state index in [0.29, 0.717) is 6.42 Å². The maximum absolute atomic E-state index is 13.2. The molecule has 7 N–H and O–H groups in total. The molecular weight excluding hydrogens is 462 g/mol. The van der Waals surface area contributed by atoms with Gasteiger partial charge < -0.3 is 21.7 Å². The number of benzene rings is 2. The van der Waals surface area contributed by atoms with Crippen LogP contribution in [0.4, 0.5) is 0 Å². The first-order valence-electron chi connectivity index (χ1n) is 12.1. The Kier molecular flexibility index (Phi) is 11.3. The van der Waals surface area contributed by atoms with Crippen molar-refractivity contribution < 1.29 is 24.4 Å². The predicted octanol–water partition coefficient (Wildman–Crippen LogP) is 1.00. The lowest BCUT2D eigenvalue weighted by Gasteiger charge is -2.24. The summed E-state index contributed by atoms with van der Waals surface area (Å²) in [6.07, 6.45) is 0.352. The summed E-state index contributed by atoms with van der Waals surface area (Å²) in [5, 5.41) is 19.0. The summed E-state index contributed by atoms with van der Waals surface area (Å²) < 4.78 is 0. The highest BCUT2D eigenvalue weighted by molar-refractivity contribution is 5.93. The Morgan fingerprint density at radius 1 is 0.917 bits per heavy atom. The highest BCUT2D eigenvalue weighted by Gasteiger charge is 2.29. The van der Waals surface area contributed by atoms with E-state index in [1.165, 1.54) is 0 Å². The molecule has 2 rings (SSSR count). The number of amides is 4. The van der Waals surface area contributed by atoms with Gasteiger partial charge in [-0.25, -0.2) is 5.48 Å². The van der Waals surface area contributed by atoms with Crippen molar-refractivity contribution in [2.45, 2.75) is 52.1 Å². The summed E-state index contributed by atoms with van der Waals surface area (Å²) in [4.78, 5) is 50.4. The molecule has 2 aromatic carbocycles. The van der Waals surface area contributed by atoms with Gasteiger partial charge in [0.25, 0.3) is 0 Å². The van der Waals surface area contributed by atoms with E-state index in [2.05, 4.69) is 16.0 Å². The second-order valence-corrected chi connectivity index (χ2v) is 9.32. The minimum absolute atomic E-state index is 0.103. The van der Waals surface area contributed by atoms with Crippen molar-refractivity contribution in [2.75, 3.05) is 13.1 Å². The van der Waals surface area contributed by atoms with Crippen LogP contribution in [-0.4, -0.2) is 54.0 Å². The summed E-state index contributed by atoms with van der Waals surface area (Å²) in [5.74, 6) is -2.71. The Morgan fingerprint density at radius 2 is 1.61 bits per heavy atom. The van der Waals surface area contributed by atoms with Gasteiger partial charge in [0.15, 0.2) is 0 Å². The zero-order valence-corrected chi connectivity index (χ0v) is 21.0. The van der Waals surface area contributed by atoms with Gasteiger partial charge >= 0.3 is 0 Å². The molecule has 0 saturated heterocycles. The maximum Gasteiger partial charge on any atom is 0.244 e. The number of nitrogens with one attached hydrogen (secondary N) is 4. The van der Waals surface area contributed by atoms with Gasteiger partial charge in [-0.1, -0.05) is 56.3 Å². The molecule has 0 heterocycles. The van der Waals surface area contributed by atoms with Crippen molar-refractivity contribution in [3.05, 3.63) is 48.0 Å². The molecule has 0 aliphatic carbocycles. The smallest absolute Gasteiger partial charge is 0.244 e. The Balaban J connectivity index is 2.26. The average molecular weight is 500 g/mol. The van der Waals surface area contributed by atoms with Crippen LogP contribution in [0.3, 0.4) is 0 Å². The standard InChI is InChI=1S/C26H37N5O5/c1-16(2)12-21(15-23(32)31-36)25(34)30-22(26(35)29-17(3)24(33)28-11-10-27)14-18-8-9-19-6-4-5-7-20(19)13-18/h4-9,13,16-17,21-22,36H,10-12,14-15,27H2,1-3H3,(H,28,33)(H,29,35)(H,30,34)(H,31,32)/t17-,21-,22+/m1/s1. The number of nitrogens with two attached hydrogens (primary N) is 1. The Morgan fingerprint density at radius 3 is 2.25 bits per heavy atom. The maximum atomic E-state index is 13.2. The molecule has 0 bridgehead atoms. The summed E-state index contributed by atoms with van der Waals surface area (Å²) in [6.45, 7) is 5.92. The number of hydrogen-bond donors (Lipinski definition) is 6. The van der Waals surface area contributed by atoms with Crippen LogP contribution in [0.1, 0.15) is 39.2 Å². The first-order chi connectivity index (χ1) is 17.1. The fraction of sp³-hybridized carbons (Fsp3) is 0.462. The van der Waals surface area contributed by atoms with Crippen molar-refractivity contribution in [1.82, 2.24) is 21.4 Å². The van der Waals surface area contributed by atoms with E-state index in [9.17, 15) is 19.2 Å². The molecule has 4 amide bonds. The van der Waals surface area contributed by atoms with Crippen LogP contribution in [0.2, 0.25) is 0 Å². The van der Waals surface area contributed by atoms with Crippen molar-refractivity contribution in [2.24, 2.45) is 17.6 Å². The van der Waals surface area contributed by atoms with Gasteiger partial charge in [-0.05, 0) is 35.6 Å². The number of fused-ring (bicyclic) bond motifs is 1. The van der Waals surface area contributed by atoms with Crippen LogP contribution in [0, 0.1) is 11.8 Å². The molecule has 0 spiro atoms. The molecule has 0 saturated carbocycles. The fourth-order valence-corrected chi connectivity index (χ4v) is 3.95. The molecule has 0 aromatic heterocycles. The van der Waals surface area contributed by atoms with Crippen LogP contribution in [-0.2, 0) is 25.6 Å². The van der Waals surface area contributed by atoms with Crippen LogP contribution < -0.4 is 27.2 Å². The molecule has 10 nitrogen and oxygen atoms in total. The molecule has 10 heteroatoms. The number of carbonyl (C=O) groups is 4. The normalized spacial score (nSPS) is 13.5. The van der Waals surface area contributed by atoms with Gasteiger partial charge in [0, 0.05) is 31.8 Å². The first-order valence-corrected chi connectivity index (χ1v) is 12.1. The van der Waals surface area contributed by atoms with Crippen molar-refractivity contribution in [3.63, 3.8) is 0 Å². The largest absolute Gasteiger partial charge is 0.353 e. The molecular formula is C26H37N5O5. The zero-order chi connectivity index (χ0) is 26.7.